The van der Waals surface area contributed by atoms with Crippen LogP contribution >= 0.6 is 0 Å². The van der Waals surface area contributed by atoms with Gasteiger partial charge < -0.3 is 0 Å². The molecule has 0 saturated carbocycles. The van der Waals surface area contributed by atoms with Gasteiger partial charge in [-0.1, -0.05) is 12.1 Å². The van der Waals surface area contributed by atoms with E-state index < -0.39 is 5.97 Å². The number of Topliss-reactive ketones (excluding diaryl/α,β-unsaturated/α-hetero) is 1. The molecule has 16 heavy (non-hydrogen) atoms. The topological polar surface area (TPSA) is 52.6 Å². The van der Waals surface area contributed by atoms with E-state index in [1.165, 1.54) is 7.11 Å². The average Bonchev–Trinajstić information content (AvgIpc) is 2.28. The average molecular weight is 220 g/mol. The number of fused-ring (bicyclic) bond motifs is 1. The lowest BCUT2D eigenvalue weighted by atomic mass is 9.87. The van der Waals surface area contributed by atoms with Gasteiger partial charge in [0.15, 0.2) is 0 Å². The number of aryl methyl sites for hydroxylation is 1. The van der Waals surface area contributed by atoms with Gasteiger partial charge in [0, 0.05) is 12.8 Å². The smallest absolute Gasteiger partial charge is 0.299 e. The Hall–Kier alpha value is -1.68. The van der Waals surface area contributed by atoms with Crippen LogP contribution in [0.25, 0.3) is 0 Å². The summed E-state index contributed by atoms with van der Waals surface area (Å²) in [7, 11) is 1.28. The lowest BCUT2D eigenvalue weighted by molar-refractivity contribution is -0.216. The highest BCUT2D eigenvalue weighted by molar-refractivity contribution is 5.94. The minimum absolute atomic E-state index is 0.158. The van der Waals surface area contributed by atoms with Crippen molar-refractivity contribution in [3.05, 3.63) is 34.9 Å². The molecule has 0 bridgehead atoms. The van der Waals surface area contributed by atoms with Crippen molar-refractivity contribution in [2.75, 3.05) is 7.11 Å². The van der Waals surface area contributed by atoms with Gasteiger partial charge in [0.25, 0.3) is 0 Å². The molecule has 2 rings (SSSR count). The highest BCUT2D eigenvalue weighted by Crippen LogP contribution is 2.23. The summed E-state index contributed by atoms with van der Waals surface area (Å²) in [5.41, 5.74) is 2.25. The molecule has 0 aliphatic heterocycles. The molecule has 0 heterocycles. The van der Waals surface area contributed by atoms with Gasteiger partial charge in [-0.3, -0.25) is 9.68 Å². The maximum atomic E-state index is 11.6. The number of benzene rings is 1. The number of carbonyl (C=O) groups is 2. The second kappa shape index (κ2) is 4.45. The fraction of sp³-hybridized carbons (Fsp3) is 0.333. The molecule has 1 aliphatic carbocycles. The van der Waals surface area contributed by atoms with E-state index in [4.69, 9.17) is 0 Å². The summed E-state index contributed by atoms with van der Waals surface area (Å²) in [6.45, 7) is 0. The van der Waals surface area contributed by atoms with Crippen molar-refractivity contribution in [3.63, 3.8) is 0 Å². The van der Waals surface area contributed by atoms with Gasteiger partial charge in [-0.2, -0.15) is 4.89 Å². The van der Waals surface area contributed by atoms with Crippen LogP contribution in [0.3, 0.4) is 0 Å². The number of hydrogen-bond donors (Lipinski definition) is 0. The van der Waals surface area contributed by atoms with Gasteiger partial charge in [-0.05, 0) is 23.6 Å². The molecular weight excluding hydrogens is 208 g/mol. The summed E-state index contributed by atoms with van der Waals surface area (Å²) in [6.07, 6.45) is 1.56. The van der Waals surface area contributed by atoms with Crippen LogP contribution < -0.4 is 0 Å². The highest BCUT2D eigenvalue weighted by Gasteiger charge is 2.22. The zero-order chi connectivity index (χ0) is 11.5. The van der Waals surface area contributed by atoms with Gasteiger partial charge in [-0.25, -0.2) is 4.79 Å². The normalized spacial score (nSPS) is 14.4. The van der Waals surface area contributed by atoms with Gasteiger partial charge >= 0.3 is 5.97 Å². The summed E-state index contributed by atoms with van der Waals surface area (Å²) in [6, 6.07) is 5.38. The van der Waals surface area contributed by atoms with Crippen molar-refractivity contribution in [1.82, 2.24) is 0 Å². The van der Waals surface area contributed by atoms with Gasteiger partial charge in [-0.15, -0.1) is 0 Å². The fourth-order valence-corrected chi connectivity index (χ4v) is 1.95. The Kier molecular flexibility index (Phi) is 3.01. The highest BCUT2D eigenvalue weighted by atomic mass is 17.2. The molecule has 1 aliphatic rings. The van der Waals surface area contributed by atoms with E-state index in [1.54, 1.807) is 12.1 Å². The van der Waals surface area contributed by atoms with E-state index in [0.717, 1.165) is 11.1 Å². The van der Waals surface area contributed by atoms with Gasteiger partial charge in [0.05, 0.1) is 12.7 Å². The molecule has 1 aromatic carbocycles. The summed E-state index contributed by atoms with van der Waals surface area (Å²) in [5, 5.41) is 0. The second-order valence-electron chi connectivity index (χ2n) is 3.70. The van der Waals surface area contributed by atoms with Crippen LogP contribution in [0.15, 0.2) is 18.2 Å². The minimum atomic E-state index is -0.547. The van der Waals surface area contributed by atoms with E-state index in [1.807, 2.05) is 6.07 Å². The molecule has 4 heteroatoms. The summed E-state index contributed by atoms with van der Waals surface area (Å²) >= 11 is 0. The van der Waals surface area contributed by atoms with Crippen LogP contribution in [0.1, 0.15) is 27.9 Å². The maximum Gasteiger partial charge on any atom is 0.373 e. The van der Waals surface area contributed by atoms with Crippen LogP contribution in [0.5, 0.6) is 0 Å². The first-order valence-corrected chi connectivity index (χ1v) is 5.10. The zero-order valence-corrected chi connectivity index (χ0v) is 8.99. The van der Waals surface area contributed by atoms with Crippen LogP contribution in [0, 0.1) is 0 Å². The van der Waals surface area contributed by atoms with Crippen LogP contribution in [0.4, 0.5) is 0 Å². The van der Waals surface area contributed by atoms with Crippen LogP contribution in [-0.4, -0.2) is 18.9 Å². The van der Waals surface area contributed by atoms with E-state index >= 15 is 0 Å². The van der Waals surface area contributed by atoms with Crippen molar-refractivity contribution in [2.45, 2.75) is 19.3 Å². The number of carbonyl (C=O) groups excluding carboxylic acids is 2. The molecule has 84 valence electrons. The Morgan fingerprint density at radius 2 is 2.12 bits per heavy atom. The van der Waals surface area contributed by atoms with Crippen LogP contribution in [0.2, 0.25) is 0 Å². The lowest BCUT2D eigenvalue weighted by Gasteiger charge is -2.17. The molecule has 0 N–H and O–H groups in total. The summed E-state index contributed by atoms with van der Waals surface area (Å²) < 4.78 is 0. The predicted octanol–water partition coefficient (Wildman–Crippen LogP) is 1.46. The molecule has 0 amide bonds. The second-order valence-corrected chi connectivity index (χ2v) is 3.70. The third kappa shape index (κ3) is 1.97. The van der Waals surface area contributed by atoms with Crippen LogP contribution in [-0.2, 0) is 27.4 Å². The molecular formula is C12H12O4. The maximum absolute atomic E-state index is 11.6. The van der Waals surface area contributed by atoms with Crippen molar-refractivity contribution in [3.8, 4) is 0 Å². The molecule has 0 radical (unpaired) electrons. The molecule has 0 fully saturated rings. The minimum Gasteiger partial charge on any atom is -0.299 e. The third-order valence-electron chi connectivity index (χ3n) is 2.70. The quantitative estimate of drug-likeness (QED) is 0.559. The fourth-order valence-electron chi connectivity index (χ4n) is 1.95. The standard InChI is InChI=1S/C12H12O4/c1-15-16-12(14)10-4-2-3-8-5-6-9(13)7-11(8)10/h2-4H,5-7H2,1H3. The molecule has 0 unspecified atom stereocenters. The van der Waals surface area contributed by atoms with E-state index in [0.29, 0.717) is 24.8 Å². The summed E-state index contributed by atoms with van der Waals surface area (Å²) in [5.74, 6) is -0.390. The zero-order valence-electron chi connectivity index (χ0n) is 8.99. The molecule has 0 spiro atoms. The molecule has 1 aromatic rings. The first-order valence-electron chi connectivity index (χ1n) is 5.10. The Morgan fingerprint density at radius 1 is 1.31 bits per heavy atom. The van der Waals surface area contributed by atoms with Crippen molar-refractivity contribution in [2.24, 2.45) is 0 Å². The molecule has 0 aromatic heterocycles. The first-order chi connectivity index (χ1) is 7.72. The van der Waals surface area contributed by atoms with E-state index in [2.05, 4.69) is 9.78 Å². The summed E-state index contributed by atoms with van der Waals surface area (Å²) in [4.78, 5) is 31.8. The van der Waals surface area contributed by atoms with Gasteiger partial charge in [0.2, 0.25) is 0 Å². The predicted molar refractivity (Wildman–Crippen MR) is 55.9 cm³/mol. The SMILES string of the molecule is COOC(=O)c1cccc2c1CC(=O)CC2. The van der Waals surface area contributed by atoms with E-state index in [-0.39, 0.29) is 5.78 Å². The van der Waals surface area contributed by atoms with Crippen molar-refractivity contribution in [1.29, 1.82) is 0 Å². The largest absolute Gasteiger partial charge is 0.373 e. The monoisotopic (exact) mass is 220 g/mol. The molecule has 0 atom stereocenters. The Morgan fingerprint density at radius 3 is 2.88 bits per heavy atom. The first kappa shape index (κ1) is 10.8. The van der Waals surface area contributed by atoms with Gasteiger partial charge in [0.1, 0.15) is 5.78 Å². The van der Waals surface area contributed by atoms with Crippen molar-refractivity contribution >= 4 is 11.8 Å². The Bertz CT molecular complexity index is 437. The number of ketones is 1. The lowest BCUT2D eigenvalue weighted by Crippen LogP contribution is -2.18. The third-order valence-corrected chi connectivity index (χ3v) is 2.70. The molecule has 4 nitrogen and oxygen atoms in total. The van der Waals surface area contributed by atoms with E-state index in [9.17, 15) is 9.59 Å². The number of hydrogen-bond acceptors (Lipinski definition) is 4. The van der Waals surface area contributed by atoms with Crippen molar-refractivity contribution < 1.29 is 19.4 Å². The Labute approximate surface area is 93.1 Å². The Balaban J connectivity index is 2.39. The molecule has 0 saturated heterocycles. The number of rotatable bonds is 2.